The summed E-state index contributed by atoms with van der Waals surface area (Å²) < 4.78 is 5.36. The summed E-state index contributed by atoms with van der Waals surface area (Å²) in [5.74, 6) is 0. The van der Waals surface area contributed by atoms with Crippen LogP contribution < -0.4 is 5.32 Å². The van der Waals surface area contributed by atoms with Gasteiger partial charge in [0.1, 0.15) is 24.0 Å². The Bertz CT molecular complexity index is 537. The minimum absolute atomic E-state index is 0.154. The molecule has 116 valence electrons. The molecule has 8 heteroatoms. The summed E-state index contributed by atoms with van der Waals surface area (Å²) in [4.78, 5) is 10.5. The number of aryl methyl sites for hydroxylation is 1. The molecule has 1 aromatic carbocycles. The molecule has 1 saturated heterocycles. The molecule has 1 heterocycles. The second kappa shape index (κ2) is 5.94. The average molecular weight is 298 g/mol. The third kappa shape index (κ3) is 3.13. The zero-order chi connectivity index (χ0) is 15.7. The Labute approximate surface area is 121 Å². The number of aliphatic hydroxyl groups excluding tert-OH is 3. The smallest absolute Gasteiger partial charge is 0.292 e. The maximum atomic E-state index is 11.1. The number of aliphatic hydroxyl groups is 3. The van der Waals surface area contributed by atoms with Crippen LogP contribution in [0.3, 0.4) is 0 Å². The van der Waals surface area contributed by atoms with E-state index in [2.05, 4.69) is 5.32 Å². The van der Waals surface area contributed by atoms with E-state index in [1.807, 2.05) is 0 Å². The third-order valence-electron chi connectivity index (χ3n) is 3.50. The number of anilines is 1. The van der Waals surface area contributed by atoms with Gasteiger partial charge in [-0.15, -0.1) is 0 Å². The van der Waals surface area contributed by atoms with Crippen molar-refractivity contribution >= 4 is 11.4 Å². The van der Waals surface area contributed by atoms with E-state index in [-0.39, 0.29) is 11.4 Å². The standard InChI is InChI=1S/C13H18N2O6/c1-6-3-4-8(9(5-6)15(19)20)14-13-12(18)11(17)10(16)7(2)21-13/h3-5,7,10-14,16-18H,1-2H3. The summed E-state index contributed by atoms with van der Waals surface area (Å²) >= 11 is 0. The predicted molar refractivity (Wildman–Crippen MR) is 73.8 cm³/mol. The summed E-state index contributed by atoms with van der Waals surface area (Å²) in [5, 5.41) is 43.0. The molecule has 4 N–H and O–H groups in total. The number of nitrogens with zero attached hydrogens (tertiary/aromatic N) is 1. The largest absolute Gasteiger partial charge is 0.388 e. The molecule has 0 saturated carbocycles. The lowest BCUT2D eigenvalue weighted by atomic mass is 9.99. The van der Waals surface area contributed by atoms with Crippen LogP contribution in [0.15, 0.2) is 18.2 Å². The molecule has 0 aromatic heterocycles. The van der Waals surface area contributed by atoms with Crippen molar-refractivity contribution in [2.45, 2.75) is 44.5 Å². The van der Waals surface area contributed by atoms with E-state index in [9.17, 15) is 25.4 Å². The van der Waals surface area contributed by atoms with Crippen LogP contribution in [0.2, 0.25) is 0 Å². The highest BCUT2D eigenvalue weighted by Crippen LogP contribution is 2.29. The molecule has 8 nitrogen and oxygen atoms in total. The number of hydrogen-bond acceptors (Lipinski definition) is 7. The lowest BCUT2D eigenvalue weighted by molar-refractivity contribution is -0.384. The summed E-state index contributed by atoms with van der Waals surface area (Å²) in [6.07, 6.45) is -5.79. The lowest BCUT2D eigenvalue weighted by Crippen LogP contribution is -2.58. The number of nitrogens with one attached hydrogen (secondary N) is 1. The van der Waals surface area contributed by atoms with Crippen molar-refractivity contribution in [3.63, 3.8) is 0 Å². The number of rotatable bonds is 3. The molecule has 0 bridgehead atoms. The Morgan fingerprint density at radius 1 is 1.24 bits per heavy atom. The van der Waals surface area contributed by atoms with Gasteiger partial charge in [-0.25, -0.2) is 0 Å². The zero-order valence-electron chi connectivity index (χ0n) is 11.6. The Morgan fingerprint density at radius 3 is 2.52 bits per heavy atom. The minimum atomic E-state index is -1.41. The summed E-state index contributed by atoms with van der Waals surface area (Å²) in [6.45, 7) is 3.27. The molecule has 0 radical (unpaired) electrons. The maximum Gasteiger partial charge on any atom is 0.292 e. The van der Waals surface area contributed by atoms with Crippen LogP contribution in [0.4, 0.5) is 11.4 Å². The van der Waals surface area contributed by atoms with Gasteiger partial charge in [0.25, 0.3) is 5.69 Å². The van der Waals surface area contributed by atoms with E-state index >= 15 is 0 Å². The monoisotopic (exact) mass is 298 g/mol. The van der Waals surface area contributed by atoms with Crippen LogP contribution in [-0.2, 0) is 4.74 Å². The molecule has 0 amide bonds. The molecule has 1 aliphatic rings. The van der Waals surface area contributed by atoms with Gasteiger partial charge in [-0.2, -0.15) is 0 Å². The van der Waals surface area contributed by atoms with Crippen molar-refractivity contribution in [1.82, 2.24) is 0 Å². The molecule has 0 spiro atoms. The Morgan fingerprint density at radius 2 is 1.90 bits per heavy atom. The van der Waals surface area contributed by atoms with Crippen molar-refractivity contribution in [3.8, 4) is 0 Å². The first-order chi connectivity index (χ1) is 9.81. The van der Waals surface area contributed by atoms with E-state index in [0.29, 0.717) is 0 Å². The van der Waals surface area contributed by atoms with Gasteiger partial charge in [0, 0.05) is 6.07 Å². The van der Waals surface area contributed by atoms with Gasteiger partial charge < -0.3 is 25.4 Å². The van der Waals surface area contributed by atoms with Crippen molar-refractivity contribution in [2.24, 2.45) is 0 Å². The fraction of sp³-hybridized carbons (Fsp3) is 0.538. The Balaban J connectivity index is 2.24. The number of benzene rings is 1. The fourth-order valence-electron chi connectivity index (χ4n) is 2.24. The van der Waals surface area contributed by atoms with Gasteiger partial charge in [0.15, 0.2) is 6.23 Å². The lowest BCUT2D eigenvalue weighted by Gasteiger charge is -2.39. The molecule has 5 unspecified atom stereocenters. The number of hydrogen-bond donors (Lipinski definition) is 4. The third-order valence-corrected chi connectivity index (χ3v) is 3.50. The second-order valence-electron chi connectivity index (χ2n) is 5.16. The first kappa shape index (κ1) is 15.6. The van der Waals surface area contributed by atoms with Gasteiger partial charge in [0.05, 0.1) is 11.0 Å². The molecule has 2 rings (SSSR count). The summed E-state index contributed by atoms with van der Waals surface area (Å²) in [6, 6.07) is 4.58. The van der Waals surface area contributed by atoms with E-state index in [1.165, 1.54) is 19.1 Å². The van der Waals surface area contributed by atoms with Crippen LogP contribution in [0.5, 0.6) is 0 Å². The normalized spacial score (nSPS) is 32.7. The molecule has 21 heavy (non-hydrogen) atoms. The predicted octanol–water partition coefficient (Wildman–Crippen LogP) is 0.143. The van der Waals surface area contributed by atoms with E-state index < -0.39 is 35.6 Å². The van der Waals surface area contributed by atoms with Crippen molar-refractivity contribution in [2.75, 3.05) is 5.32 Å². The highest BCUT2D eigenvalue weighted by molar-refractivity contribution is 5.62. The van der Waals surface area contributed by atoms with Gasteiger partial charge in [-0.05, 0) is 25.5 Å². The maximum absolute atomic E-state index is 11.1. The Kier molecular flexibility index (Phi) is 4.43. The van der Waals surface area contributed by atoms with E-state index in [4.69, 9.17) is 4.74 Å². The SMILES string of the molecule is Cc1ccc(NC2OC(C)C(O)C(O)C2O)c([N+](=O)[O-])c1. The molecule has 1 fully saturated rings. The first-order valence-electron chi connectivity index (χ1n) is 6.52. The van der Waals surface area contributed by atoms with Crippen LogP contribution >= 0.6 is 0 Å². The van der Waals surface area contributed by atoms with Gasteiger partial charge >= 0.3 is 0 Å². The average Bonchev–Trinajstić information content (AvgIpc) is 2.44. The second-order valence-corrected chi connectivity index (χ2v) is 5.16. The number of nitro benzene ring substituents is 1. The molecule has 1 aromatic rings. The zero-order valence-corrected chi connectivity index (χ0v) is 11.6. The van der Waals surface area contributed by atoms with Crippen LogP contribution in [0.25, 0.3) is 0 Å². The van der Waals surface area contributed by atoms with Gasteiger partial charge in [-0.1, -0.05) is 6.07 Å². The molecule has 1 aliphatic heterocycles. The number of ether oxygens (including phenoxy) is 1. The summed E-state index contributed by atoms with van der Waals surface area (Å²) in [7, 11) is 0. The van der Waals surface area contributed by atoms with E-state index in [0.717, 1.165) is 5.56 Å². The van der Waals surface area contributed by atoms with Crippen molar-refractivity contribution in [3.05, 3.63) is 33.9 Å². The molecular formula is C13H18N2O6. The minimum Gasteiger partial charge on any atom is -0.388 e. The van der Waals surface area contributed by atoms with Crippen LogP contribution in [0, 0.1) is 17.0 Å². The molecular weight excluding hydrogens is 280 g/mol. The summed E-state index contributed by atoms with van der Waals surface area (Å²) in [5.41, 5.74) is 0.741. The quantitative estimate of drug-likeness (QED) is 0.462. The fourth-order valence-corrected chi connectivity index (χ4v) is 2.24. The van der Waals surface area contributed by atoms with Gasteiger partial charge in [-0.3, -0.25) is 10.1 Å². The van der Waals surface area contributed by atoms with Crippen molar-refractivity contribution < 1.29 is 25.0 Å². The van der Waals surface area contributed by atoms with Gasteiger partial charge in [0.2, 0.25) is 0 Å². The number of nitro groups is 1. The van der Waals surface area contributed by atoms with Crippen molar-refractivity contribution in [1.29, 1.82) is 0 Å². The highest BCUT2D eigenvalue weighted by Gasteiger charge is 2.42. The van der Waals surface area contributed by atoms with Crippen LogP contribution in [-0.4, -0.2) is 50.9 Å². The Hall–Kier alpha value is -1.74. The highest BCUT2D eigenvalue weighted by atomic mass is 16.6. The van der Waals surface area contributed by atoms with Crippen LogP contribution in [0.1, 0.15) is 12.5 Å². The first-order valence-corrected chi connectivity index (χ1v) is 6.52. The molecule has 0 aliphatic carbocycles. The van der Waals surface area contributed by atoms with E-state index in [1.54, 1.807) is 13.0 Å². The molecule has 5 atom stereocenters. The topological polar surface area (TPSA) is 125 Å².